The molecule has 0 aliphatic heterocycles. The minimum absolute atomic E-state index is 0.588. The van der Waals surface area contributed by atoms with Crippen LogP contribution >= 0.6 is 27.7 Å². The molecule has 0 aliphatic rings. The zero-order valence-electron chi connectivity index (χ0n) is 15.8. The highest BCUT2D eigenvalue weighted by Crippen LogP contribution is 2.16. The van der Waals surface area contributed by atoms with Crippen molar-refractivity contribution in [3.63, 3.8) is 0 Å². The average Bonchev–Trinajstić information content (AvgIpc) is 2.93. The van der Waals surface area contributed by atoms with Crippen LogP contribution in [-0.4, -0.2) is 39.3 Å². The van der Waals surface area contributed by atoms with Crippen molar-refractivity contribution < 1.29 is 0 Å². The van der Waals surface area contributed by atoms with Crippen molar-refractivity contribution in [1.82, 2.24) is 25.4 Å². The zero-order valence-corrected chi connectivity index (χ0v) is 18.2. The molecule has 2 rings (SSSR count). The van der Waals surface area contributed by atoms with Gasteiger partial charge in [0.1, 0.15) is 5.82 Å². The molecule has 0 aliphatic carbocycles. The lowest BCUT2D eigenvalue weighted by Crippen LogP contribution is -2.38. The van der Waals surface area contributed by atoms with Crippen LogP contribution in [0.3, 0.4) is 0 Å². The Labute approximate surface area is 168 Å². The summed E-state index contributed by atoms with van der Waals surface area (Å²) in [5.41, 5.74) is 2.45. The predicted molar refractivity (Wildman–Crippen MR) is 114 cm³/mol. The molecule has 2 aromatic rings. The minimum atomic E-state index is 0.588. The van der Waals surface area contributed by atoms with Crippen molar-refractivity contribution in [3.8, 4) is 0 Å². The summed E-state index contributed by atoms with van der Waals surface area (Å²) in [5.74, 6) is 3.72. The third kappa shape index (κ3) is 6.32. The second kappa shape index (κ2) is 10.6. The summed E-state index contributed by atoms with van der Waals surface area (Å²) in [5, 5.41) is 15.1. The summed E-state index contributed by atoms with van der Waals surface area (Å²) < 4.78 is 3.07. The number of aliphatic imine (C=N–C) groups is 1. The Hall–Kier alpha value is -1.54. The van der Waals surface area contributed by atoms with Crippen molar-refractivity contribution in [2.45, 2.75) is 33.4 Å². The number of aromatic nitrogens is 3. The molecule has 142 valence electrons. The highest BCUT2D eigenvalue weighted by Gasteiger charge is 2.06. The Morgan fingerprint density at radius 2 is 2.08 bits per heavy atom. The number of benzene rings is 1. The SMILES string of the molecule is CSCCCNC(=NCc1ccc(Br)cc1C)NCc1nnc(C)n1C. The van der Waals surface area contributed by atoms with E-state index in [0.29, 0.717) is 13.1 Å². The van der Waals surface area contributed by atoms with E-state index in [1.165, 1.54) is 11.1 Å². The third-order valence-corrected chi connectivity index (χ3v) is 5.32. The molecule has 0 fully saturated rings. The molecular formula is C18H27BrN6S. The molecule has 2 N–H and O–H groups in total. The lowest BCUT2D eigenvalue weighted by molar-refractivity contribution is 0.711. The normalized spacial score (nSPS) is 11.7. The number of nitrogens with one attached hydrogen (secondary N) is 2. The molecule has 1 aromatic heterocycles. The fraction of sp³-hybridized carbons (Fsp3) is 0.500. The number of thioether (sulfide) groups is 1. The maximum Gasteiger partial charge on any atom is 0.191 e. The Kier molecular flexibility index (Phi) is 8.44. The number of hydrogen-bond acceptors (Lipinski definition) is 4. The first-order valence-corrected chi connectivity index (χ1v) is 10.8. The van der Waals surface area contributed by atoms with Gasteiger partial charge in [0.15, 0.2) is 11.8 Å². The second-order valence-corrected chi connectivity index (χ2v) is 7.99. The highest BCUT2D eigenvalue weighted by molar-refractivity contribution is 9.10. The first kappa shape index (κ1) is 20.8. The van der Waals surface area contributed by atoms with Crippen LogP contribution in [0.4, 0.5) is 0 Å². The van der Waals surface area contributed by atoms with Gasteiger partial charge in [-0.25, -0.2) is 4.99 Å². The predicted octanol–water partition coefficient (Wildman–Crippen LogP) is 3.18. The maximum absolute atomic E-state index is 4.75. The van der Waals surface area contributed by atoms with E-state index in [4.69, 9.17) is 4.99 Å². The third-order valence-electron chi connectivity index (χ3n) is 4.13. The Morgan fingerprint density at radius 3 is 2.73 bits per heavy atom. The maximum atomic E-state index is 4.75. The van der Waals surface area contributed by atoms with Crippen molar-refractivity contribution in [1.29, 1.82) is 0 Å². The summed E-state index contributed by atoms with van der Waals surface area (Å²) in [6.07, 6.45) is 3.22. The van der Waals surface area contributed by atoms with Crippen LogP contribution in [0.5, 0.6) is 0 Å². The highest BCUT2D eigenvalue weighted by atomic mass is 79.9. The van der Waals surface area contributed by atoms with Crippen LogP contribution in [0.2, 0.25) is 0 Å². The average molecular weight is 439 g/mol. The summed E-state index contributed by atoms with van der Waals surface area (Å²) in [4.78, 5) is 4.75. The topological polar surface area (TPSA) is 67.1 Å². The van der Waals surface area contributed by atoms with Crippen molar-refractivity contribution >= 4 is 33.7 Å². The van der Waals surface area contributed by atoms with Crippen molar-refractivity contribution in [2.75, 3.05) is 18.6 Å². The van der Waals surface area contributed by atoms with Crippen LogP contribution in [0.15, 0.2) is 27.7 Å². The fourth-order valence-electron chi connectivity index (χ4n) is 2.37. The lowest BCUT2D eigenvalue weighted by atomic mass is 10.1. The van der Waals surface area contributed by atoms with Crippen LogP contribution in [0, 0.1) is 13.8 Å². The minimum Gasteiger partial charge on any atom is -0.356 e. The van der Waals surface area contributed by atoms with Crippen LogP contribution in [0.25, 0.3) is 0 Å². The molecule has 0 unspecified atom stereocenters. The molecule has 0 saturated carbocycles. The number of rotatable bonds is 8. The number of aryl methyl sites for hydroxylation is 2. The van der Waals surface area contributed by atoms with Crippen LogP contribution in [0.1, 0.15) is 29.2 Å². The monoisotopic (exact) mass is 438 g/mol. The van der Waals surface area contributed by atoms with E-state index in [0.717, 1.165) is 40.8 Å². The number of nitrogens with zero attached hydrogens (tertiary/aromatic N) is 4. The summed E-state index contributed by atoms with van der Waals surface area (Å²) in [7, 11) is 1.97. The van der Waals surface area contributed by atoms with E-state index in [1.54, 1.807) is 0 Å². The zero-order chi connectivity index (χ0) is 18.9. The molecule has 0 saturated heterocycles. The van der Waals surface area contributed by atoms with Gasteiger partial charge in [0, 0.05) is 18.1 Å². The van der Waals surface area contributed by atoms with Gasteiger partial charge in [-0.15, -0.1) is 10.2 Å². The van der Waals surface area contributed by atoms with Gasteiger partial charge >= 0.3 is 0 Å². The summed E-state index contributed by atoms with van der Waals surface area (Å²) >= 11 is 5.36. The van der Waals surface area contributed by atoms with Gasteiger partial charge in [0.2, 0.25) is 0 Å². The van der Waals surface area contributed by atoms with Crippen molar-refractivity contribution in [2.24, 2.45) is 12.0 Å². The molecule has 0 amide bonds. The smallest absolute Gasteiger partial charge is 0.191 e. The number of guanidine groups is 1. The Morgan fingerprint density at radius 1 is 1.27 bits per heavy atom. The number of halogens is 1. The molecule has 26 heavy (non-hydrogen) atoms. The second-order valence-electron chi connectivity index (χ2n) is 6.08. The Bertz CT molecular complexity index is 743. The van der Waals surface area contributed by atoms with Crippen molar-refractivity contribution in [3.05, 3.63) is 45.4 Å². The van der Waals surface area contributed by atoms with E-state index < -0.39 is 0 Å². The first-order valence-electron chi connectivity index (χ1n) is 8.62. The van der Waals surface area contributed by atoms with Crippen LogP contribution in [-0.2, 0) is 20.1 Å². The summed E-state index contributed by atoms with van der Waals surface area (Å²) in [6, 6.07) is 6.28. The molecule has 0 bridgehead atoms. The van der Waals surface area contributed by atoms with E-state index >= 15 is 0 Å². The van der Waals surface area contributed by atoms with Gasteiger partial charge in [0.05, 0.1) is 13.1 Å². The van der Waals surface area contributed by atoms with E-state index in [2.05, 4.69) is 68.1 Å². The van der Waals surface area contributed by atoms with Gasteiger partial charge in [0.25, 0.3) is 0 Å². The molecule has 0 radical (unpaired) electrons. The molecule has 8 heteroatoms. The van der Waals surface area contributed by atoms with Gasteiger partial charge in [-0.2, -0.15) is 11.8 Å². The molecule has 1 aromatic carbocycles. The summed E-state index contributed by atoms with van der Waals surface area (Å²) in [6.45, 7) is 6.17. The molecular weight excluding hydrogens is 412 g/mol. The van der Waals surface area contributed by atoms with E-state index in [1.807, 2.05) is 30.3 Å². The lowest BCUT2D eigenvalue weighted by Gasteiger charge is -2.13. The standard InChI is InChI=1S/C18H27BrN6S/c1-13-10-16(19)7-6-15(13)11-21-18(20-8-5-9-26-4)22-12-17-24-23-14(2)25(17)3/h6-7,10H,5,8-9,11-12H2,1-4H3,(H2,20,21,22). The van der Waals surface area contributed by atoms with Crippen LogP contribution < -0.4 is 10.6 Å². The molecule has 6 nitrogen and oxygen atoms in total. The van der Waals surface area contributed by atoms with Gasteiger partial charge in [-0.1, -0.05) is 22.0 Å². The molecule has 0 spiro atoms. The first-order chi connectivity index (χ1) is 12.5. The van der Waals surface area contributed by atoms with Gasteiger partial charge in [-0.3, -0.25) is 0 Å². The molecule has 1 heterocycles. The fourth-order valence-corrected chi connectivity index (χ4v) is 3.27. The van der Waals surface area contributed by atoms with E-state index in [-0.39, 0.29) is 0 Å². The van der Waals surface area contributed by atoms with Gasteiger partial charge in [-0.05, 0) is 55.5 Å². The molecule has 0 atom stereocenters. The van der Waals surface area contributed by atoms with Gasteiger partial charge < -0.3 is 15.2 Å². The number of hydrogen-bond donors (Lipinski definition) is 2. The van der Waals surface area contributed by atoms with E-state index in [9.17, 15) is 0 Å². The Balaban J connectivity index is 2.02. The largest absolute Gasteiger partial charge is 0.356 e. The quantitative estimate of drug-likeness (QED) is 0.376.